The van der Waals surface area contributed by atoms with Gasteiger partial charge in [-0.2, -0.15) is 0 Å². The van der Waals surface area contributed by atoms with Crippen molar-refractivity contribution in [2.45, 2.75) is 0 Å². The van der Waals surface area contributed by atoms with Crippen LogP contribution in [0.15, 0.2) is 12.4 Å². The van der Waals surface area contributed by atoms with Crippen molar-refractivity contribution >= 4 is 11.9 Å². The number of hydrogen-bond acceptors (Lipinski definition) is 3. The molecule has 0 aliphatic rings. The summed E-state index contributed by atoms with van der Waals surface area (Å²) in [5.41, 5.74) is 8.64. The molecule has 0 bridgehead atoms. The Hall–Kier alpha value is -2.05. The normalized spacial score (nSPS) is 9.00. The number of hydrogen-bond donors (Lipinski definition) is 4. The topological polar surface area (TPSA) is 113 Å². The Balaban J connectivity index is 2.45. The summed E-state index contributed by atoms with van der Waals surface area (Å²) in [6.07, 6.45) is 2.90. The number of H-pyrrole nitrogens is 1. The average molecular weight is 169 g/mol. The summed E-state index contributed by atoms with van der Waals surface area (Å²) in [7, 11) is 0. The van der Waals surface area contributed by atoms with E-state index in [0.717, 1.165) is 0 Å². The number of hydrazine groups is 1. The third-order valence-corrected chi connectivity index (χ3v) is 1.01. The molecule has 0 radical (unpaired) electrons. The second-order valence-corrected chi connectivity index (χ2v) is 1.88. The van der Waals surface area contributed by atoms with E-state index in [2.05, 4.69) is 9.97 Å². The van der Waals surface area contributed by atoms with Crippen LogP contribution in [-0.2, 0) is 0 Å². The van der Waals surface area contributed by atoms with E-state index in [-0.39, 0.29) is 5.82 Å². The molecule has 1 rings (SSSR count). The van der Waals surface area contributed by atoms with E-state index in [1.807, 2.05) is 10.9 Å². The zero-order valence-electron chi connectivity index (χ0n) is 6.00. The molecule has 64 valence electrons. The number of aromatic amines is 1. The molecule has 0 saturated heterocycles. The number of nitrogens with two attached hydrogens (primary N) is 1. The van der Waals surface area contributed by atoms with E-state index in [9.17, 15) is 9.59 Å². The minimum atomic E-state index is -0.838. The quantitative estimate of drug-likeness (QED) is 0.393. The third-order valence-electron chi connectivity index (χ3n) is 1.01. The molecule has 0 aliphatic heterocycles. The molecule has 1 aromatic heterocycles. The Morgan fingerprint density at radius 1 is 1.50 bits per heavy atom. The molecule has 0 aromatic carbocycles. The van der Waals surface area contributed by atoms with Crippen molar-refractivity contribution in [3.63, 3.8) is 0 Å². The lowest BCUT2D eigenvalue weighted by molar-refractivity contribution is 0.0928. The van der Waals surface area contributed by atoms with Gasteiger partial charge >= 0.3 is 11.9 Å². The molecule has 1 aromatic rings. The maximum atomic E-state index is 10.9. The average Bonchev–Trinajstić information content (AvgIpc) is 2.51. The smallest absolute Gasteiger partial charge is 0.330 e. The molecule has 7 nitrogen and oxygen atoms in total. The standard InChI is InChI=1S/C5H7N5O2/c6-5(12)10-9-4(11)3-7-1-2-8-3/h1-2H,(H,7,8)(H,9,11)(H3,6,10,12). The lowest BCUT2D eigenvalue weighted by atomic mass is 10.6. The van der Waals surface area contributed by atoms with Gasteiger partial charge in [0.25, 0.3) is 0 Å². The summed E-state index contributed by atoms with van der Waals surface area (Å²) in [5, 5.41) is 0. The van der Waals surface area contributed by atoms with E-state index >= 15 is 0 Å². The predicted molar refractivity (Wildman–Crippen MR) is 38.8 cm³/mol. The molecule has 0 atom stereocenters. The first kappa shape index (κ1) is 8.05. The number of nitrogens with one attached hydrogen (secondary N) is 3. The first-order valence-electron chi connectivity index (χ1n) is 3.05. The lowest BCUT2D eigenvalue weighted by Crippen LogP contribution is -2.44. The van der Waals surface area contributed by atoms with Crippen molar-refractivity contribution in [3.05, 3.63) is 18.2 Å². The van der Waals surface area contributed by atoms with Crippen molar-refractivity contribution in [1.82, 2.24) is 20.8 Å². The molecule has 12 heavy (non-hydrogen) atoms. The highest BCUT2D eigenvalue weighted by Gasteiger charge is 2.06. The number of urea groups is 1. The first-order chi connectivity index (χ1) is 5.70. The fourth-order valence-corrected chi connectivity index (χ4v) is 0.567. The van der Waals surface area contributed by atoms with Crippen LogP contribution < -0.4 is 16.6 Å². The maximum Gasteiger partial charge on any atom is 0.330 e. The first-order valence-corrected chi connectivity index (χ1v) is 3.05. The highest BCUT2D eigenvalue weighted by atomic mass is 16.2. The fourth-order valence-electron chi connectivity index (χ4n) is 0.567. The van der Waals surface area contributed by atoms with Crippen LogP contribution in [0.3, 0.4) is 0 Å². The number of carbonyl (C=O) groups excluding carboxylic acids is 2. The Morgan fingerprint density at radius 3 is 2.75 bits per heavy atom. The van der Waals surface area contributed by atoms with Gasteiger partial charge in [0.2, 0.25) is 0 Å². The predicted octanol–water partition coefficient (Wildman–Crippen LogP) is -1.28. The summed E-state index contributed by atoms with van der Waals surface area (Å²) < 4.78 is 0. The van der Waals surface area contributed by atoms with Gasteiger partial charge in [-0.15, -0.1) is 0 Å². The largest absolute Gasteiger partial charge is 0.350 e. The fraction of sp³-hybridized carbons (Fsp3) is 0. The number of amides is 3. The molecule has 0 spiro atoms. The van der Waals surface area contributed by atoms with Crippen LogP contribution in [0.25, 0.3) is 0 Å². The van der Waals surface area contributed by atoms with Gasteiger partial charge in [0.15, 0.2) is 5.82 Å². The molecule has 5 N–H and O–H groups in total. The zero-order chi connectivity index (χ0) is 8.97. The number of carbonyl (C=O) groups is 2. The maximum absolute atomic E-state index is 10.9. The Bertz CT molecular complexity index is 280. The van der Waals surface area contributed by atoms with Gasteiger partial charge in [0.1, 0.15) is 0 Å². The lowest BCUT2D eigenvalue weighted by Gasteiger charge is -2.00. The van der Waals surface area contributed by atoms with Gasteiger partial charge in [-0.05, 0) is 0 Å². The minimum Gasteiger partial charge on any atom is -0.350 e. The number of rotatable bonds is 1. The number of primary amides is 1. The molecule has 0 fully saturated rings. The summed E-state index contributed by atoms with van der Waals surface area (Å²) in [4.78, 5) is 27.3. The van der Waals surface area contributed by atoms with Crippen LogP contribution in [0.1, 0.15) is 10.6 Å². The Morgan fingerprint density at radius 2 is 2.25 bits per heavy atom. The van der Waals surface area contributed by atoms with Gasteiger partial charge in [0.05, 0.1) is 0 Å². The number of aromatic nitrogens is 2. The van der Waals surface area contributed by atoms with Crippen molar-refractivity contribution in [3.8, 4) is 0 Å². The van der Waals surface area contributed by atoms with Crippen LogP contribution in [-0.4, -0.2) is 21.9 Å². The molecular formula is C5H7N5O2. The van der Waals surface area contributed by atoms with E-state index in [0.29, 0.717) is 0 Å². The minimum absolute atomic E-state index is 0.101. The molecule has 0 unspecified atom stereocenters. The van der Waals surface area contributed by atoms with Crippen molar-refractivity contribution in [1.29, 1.82) is 0 Å². The van der Waals surface area contributed by atoms with Gasteiger partial charge in [-0.3, -0.25) is 10.2 Å². The molecule has 3 amide bonds. The molecule has 0 aliphatic carbocycles. The van der Waals surface area contributed by atoms with E-state index in [1.54, 1.807) is 0 Å². The molecule has 0 saturated carbocycles. The number of imidazole rings is 1. The van der Waals surface area contributed by atoms with Crippen molar-refractivity contribution in [2.75, 3.05) is 0 Å². The summed E-state index contributed by atoms with van der Waals surface area (Å²) in [6.45, 7) is 0. The monoisotopic (exact) mass is 169 g/mol. The molecule has 1 heterocycles. The van der Waals surface area contributed by atoms with Crippen molar-refractivity contribution < 1.29 is 9.59 Å². The highest BCUT2D eigenvalue weighted by molar-refractivity contribution is 5.91. The van der Waals surface area contributed by atoms with E-state index in [1.165, 1.54) is 12.4 Å². The van der Waals surface area contributed by atoms with Crippen LogP contribution >= 0.6 is 0 Å². The molecule has 7 heteroatoms. The van der Waals surface area contributed by atoms with Crippen LogP contribution in [0.5, 0.6) is 0 Å². The second-order valence-electron chi connectivity index (χ2n) is 1.88. The van der Waals surface area contributed by atoms with E-state index < -0.39 is 11.9 Å². The van der Waals surface area contributed by atoms with Gasteiger partial charge < -0.3 is 10.7 Å². The van der Waals surface area contributed by atoms with Gasteiger partial charge in [-0.25, -0.2) is 15.2 Å². The summed E-state index contributed by atoms with van der Waals surface area (Å²) in [5.74, 6) is -0.456. The second kappa shape index (κ2) is 3.37. The van der Waals surface area contributed by atoms with Crippen LogP contribution in [0, 0.1) is 0 Å². The van der Waals surface area contributed by atoms with Crippen molar-refractivity contribution in [2.24, 2.45) is 5.73 Å². The Labute approximate surface area is 67.3 Å². The highest BCUT2D eigenvalue weighted by Crippen LogP contribution is 1.85. The molecular weight excluding hydrogens is 162 g/mol. The Kier molecular flexibility index (Phi) is 2.26. The summed E-state index contributed by atoms with van der Waals surface area (Å²) >= 11 is 0. The summed E-state index contributed by atoms with van der Waals surface area (Å²) in [6, 6.07) is -0.838. The van der Waals surface area contributed by atoms with Crippen LogP contribution in [0.4, 0.5) is 4.79 Å². The number of nitrogens with zero attached hydrogens (tertiary/aromatic N) is 1. The van der Waals surface area contributed by atoms with Gasteiger partial charge in [-0.1, -0.05) is 0 Å². The van der Waals surface area contributed by atoms with E-state index in [4.69, 9.17) is 5.73 Å². The SMILES string of the molecule is NC(=O)NNC(=O)c1ncc[nH]1. The third kappa shape index (κ3) is 1.97. The zero-order valence-corrected chi connectivity index (χ0v) is 6.00. The van der Waals surface area contributed by atoms with Gasteiger partial charge in [0, 0.05) is 12.4 Å². The van der Waals surface area contributed by atoms with Crippen LogP contribution in [0.2, 0.25) is 0 Å².